The van der Waals surface area contributed by atoms with Gasteiger partial charge in [0.2, 0.25) is 5.91 Å². The number of carbonyl (C=O) groups excluding carboxylic acids is 2. The van der Waals surface area contributed by atoms with Crippen LogP contribution in [0.4, 0.5) is 0 Å². The maximum Gasteiger partial charge on any atom is 0.258 e. The van der Waals surface area contributed by atoms with Crippen LogP contribution in [0.5, 0.6) is 11.5 Å². The third-order valence-corrected chi connectivity index (χ3v) is 7.25. The van der Waals surface area contributed by atoms with Crippen LogP contribution in [-0.2, 0) is 4.79 Å². The van der Waals surface area contributed by atoms with Crippen molar-refractivity contribution < 1.29 is 19.1 Å². The number of hydrogen-bond donors (Lipinski definition) is 1. The van der Waals surface area contributed by atoms with Crippen molar-refractivity contribution in [2.45, 2.75) is 50.7 Å². The van der Waals surface area contributed by atoms with Crippen LogP contribution >= 0.6 is 0 Å². The second-order valence-electron chi connectivity index (χ2n) is 8.77. The molecule has 2 bridgehead atoms. The topological polar surface area (TPSA) is 67.9 Å². The summed E-state index contributed by atoms with van der Waals surface area (Å²) < 4.78 is 11.8. The maximum atomic E-state index is 13.1. The van der Waals surface area contributed by atoms with E-state index in [-0.39, 0.29) is 23.7 Å². The van der Waals surface area contributed by atoms with E-state index in [1.807, 2.05) is 0 Å². The number of rotatable bonds is 2. The molecule has 3 saturated carbocycles. The molecule has 1 spiro atoms. The Balaban J connectivity index is 1.38. The van der Waals surface area contributed by atoms with Crippen LogP contribution in [0.3, 0.4) is 0 Å². The van der Waals surface area contributed by atoms with Gasteiger partial charge in [0.05, 0.1) is 12.7 Å². The van der Waals surface area contributed by atoms with Crippen molar-refractivity contribution in [2.24, 2.45) is 17.8 Å². The first-order valence-corrected chi connectivity index (χ1v) is 10.6. The highest BCUT2D eigenvalue weighted by molar-refractivity contribution is 5.98. The van der Waals surface area contributed by atoms with Gasteiger partial charge in [0.1, 0.15) is 11.5 Å². The normalized spacial score (nSPS) is 33.8. The van der Waals surface area contributed by atoms with E-state index in [9.17, 15) is 9.59 Å². The monoisotopic (exact) mass is 384 g/mol. The molecule has 0 unspecified atom stereocenters. The van der Waals surface area contributed by atoms with Crippen LogP contribution in [0.2, 0.25) is 0 Å². The van der Waals surface area contributed by atoms with Crippen molar-refractivity contribution in [3.05, 3.63) is 23.8 Å². The Morgan fingerprint density at radius 3 is 2.79 bits per heavy atom. The number of likely N-dealkylation sites (tertiary alicyclic amines) is 1. The molecule has 0 radical (unpaired) electrons. The van der Waals surface area contributed by atoms with E-state index in [2.05, 4.69) is 10.2 Å². The number of carbonyl (C=O) groups is 2. The summed E-state index contributed by atoms with van der Waals surface area (Å²) in [5, 5.41) is 3.17. The van der Waals surface area contributed by atoms with Gasteiger partial charge in [-0.05, 0) is 56.6 Å². The first-order chi connectivity index (χ1) is 13.6. The Labute approximate surface area is 165 Å². The lowest BCUT2D eigenvalue weighted by Crippen LogP contribution is -2.67. The van der Waals surface area contributed by atoms with E-state index in [1.165, 1.54) is 6.42 Å². The lowest BCUT2D eigenvalue weighted by molar-refractivity contribution is -0.156. The van der Waals surface area contributed by atoms with Crippen molar-refractivity contribution in [2.75, 3.05) is 20.2 Å². The molecule has 2 amide bonds. The predicted molar refractivity (Wildman–Crippen MR) is 103 cm³/mol. The SMILES string of the molecule is COc1ccc2c(c1)O[C@]1(C[C@H]3CC[C@@H]1C[C@@H]3C(=O)N1CCCCC1)NC2=O. The van der Waals surface area contributed by atoms with Crippen LogP contribution in [0.1, 0.15) is 55.3 Å². The first-order valence-electron chi connectivity index (χ1n) is 10.6. The molecule has 1 aromatic rings. The van der Waals surface area contributed by atoms with Crippen LogP contribution in [0.25, 0.3) is 0 Å². The number of piperidine rings is 1. The van der Waals surface area contributed by atoms with Crippen LogP contribution in [0, 0.1) is 17.8 Å². The Morgan fingerprint density at radius 2 is 2.07 bits per heavy atom. The zero-order valence-corrected chi connectivity index (χ0v) is 16.4. The Kier molecular flexibility index (Phi) is 4.25. The van der Waals surface area contributed by atoms with Crippen molar-refractivity contribution in [1.29, 1.82) is 0 Å². The largest absolute Gasteiger partial charge is 0.497 e. The molecule has 28 heavy (non-hydrogen) atoms. The van der Waals surface area contributed by atoms with Crippen LogP contribution in [-0.4, -0.2) is 42.6 Å². The van der Waals surface area contributed by atoms with Crippen molar-refractivity contribution in [3.8, 4) is 11.5 Å². The van der Waals surface area contributed by atoms with E-state index in [0.29, 0.717) is 29.4 Å². The molecule has 4 atom stereocenters. The molecular formula is C22H28N2O4. The molecule has 0 aromatic heterocycles. The predicted octanol–water partition coefficient (Wildman–Crippen LogP) is 2.96. The quantitative estimate of drug-likeness (QED) is 0.851. The molecule has 4 fully saturated rings. The Morgan fingerprint density at radius 1 is 1.25 bits per heavy atom. The van der Waals surface area contributed by atoms with E-state index in [1.54, 1.807) is 25.3 Å². The third kappa shape index (κ3) is 2.76. The summed E-state index contributed by atoms with van der Waals surface area (Å²) in [6.07, 6.45) is 7.02. The fraction of sp³-hybridized carbons (Fsp3) is 0.636. The number of benzene rings is 1. The molecule has 1 N–H and O–H groups in total. The molecule has 6 heteroatoms. The highest BCUT2D eigenvalue weighted by Gasteiger charge is 2.57. The second kappa shape index (κ2) is 6.68. The number of nitrogens with one attached hydrogen (secondary N) is 1. The number of ether oxygens (including phenoxy) is 2. The summed E-state index contributed by atoms with van der Waals surface area (Å²) in [6, 6.07) is 5.33. The molecule has 150 valence electrons. The van der Waals surface area contributed by atoms with Gasteiger partial charge in [-0.15, -0.1) is 0 Å². The van der Waals surface area contributed by atoms with Crippen molar-refractivity contribution in [1.82, 2.24) is 10.2 Å². The fourth-order valence-electron chi connectivity index (χ4n) is 5.77. The molecular weight excluding hydrogens is 356 g/mol. The summed E-state index contributed by atoms with van der Waals surface area (Å²) in [5.74, 6) is 2.03. The van der Waals surface area contributed by atoms with Gasteiger partial charge >= 0.3 is 0 Å². The minimum absolute atomic E-state index is 0.0784. The van der Waals surface area contributed by atoms with Crippen molar-refractivity contribution >= 4 is 11.8 Å². The molecule has 5 aliphatic rings. The molecule has 2 heterocycles. The summed E-state index contributed by atoms with van der Waals surface area (Å²) in [7, 11) is 1.61. The number of amides is 2. The fourth-order valence-corrected chi connectivity index (χ4v) is 5.77. The van der Waals surface area contributed by atoms with Gasteiger partial charge in [-0.3, -0.25) is 9.59 Å². The van der Waals surface area contributed by atoms with Gasteiger partial charge in [0, 0.05) is 37.4 Å². The standard InChI is InChI=1S/C22H28N2O4/c1-27-16-7-8-17-19(12-16)28-22(23-20(17)25)13-14-5-6-15(22)11-18(14)21(26)24-9-3-2-4-10-24/h7-8,12,14-15,18H,2-6,9-11,13H2,1H3,(H,23,25)/t14-,15-,18+,22+/m1/s1. The second-order valence-corrected chi connectivity index (χ2v) is 8.77. The van der Waals surface area contributed by atoms with E-state index in [0.717, 1.165) is 45.2 Å². The molecule has 6 rings (SSSR count). The van der Waals surface area contributed by atoms with Gasteiger partial charge in [-0.25, -0.2) is 0 Å². The number of fused-ring (bicyclic) bond motifs is 3. The number of hydrogen-bond acceptors (Lipinski definition) is 4. The smallest absolute Gasteiger partial charge is 0.258 e. The van der Waals surface area contributed by atoms with Crippen LogP contribution < -0.4 is 14.8 Å². The summed E-state index contributed by atoms with van der Waals surface area (Å²) in [5.41, 5.74) is -0.133. The average molecular weight is 384 g/mol. The summed E-state index contributed by atoms with van der Waals surface area (Å²) in [6.45, 7) is 1.80. The third-order valence-electron chi connectivity index (χ3n) is 7.25. The minimum atomic E-state index is -0.682. The summed E-state index contributed by atoms with van der Waals surface area (Å²) >= 11 is 0. The van der Waals surface area contributed by atoms with Gasteiger partial charge in [-0.2, -0.15) is 0 Å². The van der Waals surface area contributed by atoms with Gasteiger partial charge < -0.3 is 19.7 Å². The minimum Gasteiger partial charge on any atom is -0.497 e. The Bertz CT molecular complexity index is 804. The van der Waals surface area contributed by atoms with E-state index in [4.69, 9.17) is 9.47 Å². The lowest BCUT2D eigenvalue weighted by Gasteiger charge is -2.55. The van der Waals surface area contributed by atoms with E-state index >= 15 is 0 Å². The molecule has 1 saturated heterocycles. The average Bonchev–Trinajstić information content (AvgIpc) is 2.73. The molecule has 2 aliphatic heterocycles. The highest BCUT2D eigenvalue weighted by Crippen LogP contribution is 2.53. The first kappa shape index (κ1) is 17.8. The van der Waals surface area contributed by atoms with Crippen molar-refractivity contribution in [3.63, 3.8) is 0 Å². The van der Waals surface area contributed by atoms with Gasteiger partial charge in [0.25, 0.3) is 5.91 Å². The van der Waals surface area contributed by atoms with Gasteiger partial charge in [-0.1, -0.05) is 0 Å². The van der Waals surface area contributed by atoms with Crippen LogP contribution in [0.15, 0.2) is 18.2 Å². The molecule has 3 aliphatic carbocycles. The Hall–Kier alpha value is -2.24. The zero-order chi connectivity index (χ0) is 19.3. The zero-order valence-electron chi connectivity index (χ0n) is 16.4. The highest BCUT2D eigenvalue weighted by atomic mass is 16.5. The van der Waals surface area contributed by atoms with Gasteiger partial charge in [0.15, 0.2) is 5.72 Å². The van der Waals surface area contributed by atoms with E-state index < -0.39 is 5.72 Å². The molecule has 1 aromatic carbocycles. The maximum absolute atomic E-state index is 13.1. The number of methoxy groups -OCH3 is 1. The summed E-state index contributed by atoms with van der Waals surface area (Å²) in [4.78, 5) is 28.0. The lowest BCUT2D eigenvalue weighted by atomic mass is 9.59. The number of nitrogens with zero attached hydrogens (tertiary/aromatic N) is 1. The molecule has 6 nitrogen and oxygen atoms in total.